The smallest absolute Gasteiger partial charge is 0.0153 e. The molecule has 1 rings (SSSR count). The van der Waals surface area contributed by atoms with Gasteiger partial charge in [0.1, 0.15) is 0 Å². The number of likely N-dealkylation sites (tertiary alicyclic amines) is 1. The Morgan fingerprint density at radius 1 is 1.38 bits per heavy atom. The zero-order valence-electron chi connectivity index (χ0n) is 11.8. The molecule has 0 spiro atoms. The van der Waals surface area contributed by atoms with Gasteiger partial charge in [-0.05, 0) is 45.7 Å². The minimum atomic E-state index is 0.404. The van der Waals surface area contributed by atoms with Crippen LogP contribution in [0, 0.1) is 5.92 Å². The van der Waals surface area contributed by atoms with Crippen LogP contribution >= 0.6 is 0 Å². The van der Waals surface area contributed by atoms with Crippen molar-refractivity contribution >= 4 is 0 Å². The molecule has 0 amide bonds. The highest BCUT2D eigenvalue weighted by molar-refractivity contribution is 4.88. The number of nitrogens with zero attached hydrogens (tertiary/aromatic N) is 1. The van der Waals surface area contributed by atoms with Gasteiger partial charge in [-0.25, -0.2) is 0 Å². The number of rotatable bonds is 6. The molecule has 1 aliphatic rings. The largest absolute Gasteiger partial charge is 0.314 e. The first-order chi connectivity index (χ1) is 7.45. The summed E-state index contributed by atoms with van der Waals surface area (Å²) in [6.45, 7) is 15.3. The molecule has 1 saturated heterocycles. The predicted molar refractivity (Wildman–Crippen MR) is 71.8 cm³/mol. The normalized spacial score (nSPS) is 23.2. The standard InChI is InChI=1S/C14H30N2/c1-6-8-14(4,5)16-9-7-13(11-16)10-15-12(2)3/h12-13,15H,6-11H2,1-5H3. The molecule has 0 aromatic rings. The van der Waals surface area contributed by atoms with Gasteiger partial charge in [0.15, 0.2) is 0 Å². The van der Waals surface area contributed by atoms with Crippen LogP contribution < -0.4 is 5.32 Å². The Balaban J connectivity index is 2.34. The molecule has 0 bridgehead atoms. The zero-order chi connectivity index (χ0) is 12.2. The molecule has 96 valence electrons. The van der Waals surface area contributed by atoms with E-state index >= 15 is 0 Å². The molecule has 0 aliphatic carbocycles. The second-order valence-corrected chi connectivity index (χ2v) is 6.23. The van der Waals surface area contributed by atoms with Crippen LogP contribution in [0.1, 0.15) is 53.9 Å². The van der Waals surface area contributed by atoms with E-state index in [1.165, 1.54) is 38.9 Å². The van der Waals surface area contributed by atoms with E-state index < -0.39 is 0 Å². The molecule has 1 aliphatic heterocycles. The van der Waals surface area contributed by atoms with E-state index in [0.29, 0.717) is 11.6 Å². The maximum atomic E-state index is 3.56. The quantitative estimate of drug-likeness (QED) is 0.749. The Labute approximate surface area is 102 Å². The average Bonchev–Trinajstić information content (AvgIpc) is 2.63. The van der Waals surface area contributed by atoms with Crippen LogP contribution in [0.4, 0.5) is 0 Å². The second-order valence-electron chi connectivity index (χ2n) is 6.23. The first-order valence-electron chi connectivity index (χ1n) is 6.94. The number of nitrogens with one attached hydrogen (secondary N) is 1. The highest BCUT2D eigenvalue weighted by Crippen LogP contribution is 2.27. The van der Waals surface area contributed by atoms with E-state index in [4.69, 9.17) is 0 Å². The molecular weight excluding hydrogens is 196 g/mol. The highest BCUT2D eigenvalue weighted by Gasteiger charge is 2.32. The molecule has 2 heteroatoms. The minimum Gasteiger partial charge on any atom is -0.314 e. The number of hydrogen-bond donors (Lipinski definition) is 1. The fourth-order valence-corrected chi connectivity index (χ4v) is 2.72. The van der Waals surface area contributed by atoms with Crippen molar-refractivity contribution in [2.45, 2.75) is 65.5 Å². The molecule has 0 aromatic carbocycles. The summed E-state index contributed by atoms with van der Waals surface area (Å²) in [4.78, 5) is 2.68. The summed E-state index contributed by atoms with van der Waals surface area (Å²) in [5.74, 6) is 0.860. The lowest BCUT2D eigenvalue weighted by Crippen LogP contribution is -2.42. The maximum absolute atomic E-state index is 3.56. The van der Waals surface area contributed by atoms with Crippen LogP contribution in [0.15, 0.2) is 0 Å². The van der Waals surface area contributed by atoms with Gasteiger partial charge in [0, 0.05) is 18.1 Å². The van der Waals surface area contributed by atoms with E-state index in [1.807, 2.05) is 0 Å². The summed E-state index contributed by atoms with van der Waals surface area (Å²) in [5.41, 5.74) is 0.404. The first kappa shape index (κ1) is 14.0. The first-order valence-corrected chi connectivity index (χ1v) is 6.94. The summed E-state index contributed by atoms with van der Waals surface area (Å²) in [6, 6.07) is 0.623. The summed E-state index contributed by atoms with van der Waals surface area (Å²) in [6.07, 6.45) is 3.97. The van der Waals surface area contributed by atoms with Crippen LogP contribution in [-0.2, 0) is 0 Å². The summed E-state index contributed by atoms with van der Waals surface area (Å²) >= 11 is 0. The van der Waals surface area contributed by atoms with Gasteiger partial charge in [-0.3, -0.25) is 4.90 Å². The van der Waals surface area contributed by atoms with Crippen molar-refractivity contribution in [2.24, 2.45) is 5.92 Å². The van der Waals surface area contributed by atoms with Crippen LogP contribution in [0.3, 0.4) is 0 Å². The molecule has 16 heavy (non-hydrogen) atoms. The van der Waals surface area contributed by atoms with Crippen molar-refractivity contribution in [3.05, 3.63) is 0 Å². The molecule has 1 N–H and O–H groups in total. The Kier molecular flexibility index (Phi) is 5.26. The van der Waals surface area contributed by atoms with Crippen molar-refractivity contribution < 1.29 is 0 Å². The second kappa shape index (κ2) is 6.02. The van der Waals surface area contributed by atoms with Crippen molar-refractivity contribution in [2.75, 3.05) is 19.6 Å². The lowest BCUT2D eigenvalue weighted by molar-refractivity contribution is 0.137. The van der Waals surface area contributed by atoms with Gasteiger partial charge in [0.05, 0.1) is 0 Å². The summed E-state index contributed by atoms with van der Waals surface area (Å²) in [5, 5.41) is 3.56. The van der Waals surface area contributed by atoms with Crippen molar-refractivity contribution in [3.8, 4) is 0 Å². The van der Waals surface area contributed by atoms with Crippen LogP contribution in [0.5, 0.6) is 0 Å². The Morgan fingerprint density at radius 2 is 2.06 bits per heavy atom. The van der Waals surface area contributed by atoms with Crippen LogP contribution in [0.25, 0.3) is 0 Å². The van der Waals surface area contributed by atoms with Gasteiger partial charge in [-0.15, -0.1) is 0 Å². The van der Waals surface area contributed by atoms with Gasteiger partial charge < -0.3 is 5.32 Å². The minimum absolute atomic E-state index is 0.404. The van der Waals surface area contributed by atoms with Gasteiger partial charge in [0.25, 0.3) is 0 Å². The molecule has 2 nitrogen and oxygen atoms in total. The summed E-state index contributed by atoms with van der Waals surface area (Å²) in [7, 11) is 0. The van der Waals surface area contributed by atoms with Crippen molar-refractivity contribution in [1.29, 1.82) is 0 Å². The third-order valence-corrected chi connectivity index (χ3v) is 3.82. The Hall–Kier alpha value is -0.0800. The number of hydrogen-bond acceptors (Lipinski definition) is 2. The Morgan fingerprint density at radius 3 is 2.62 bits per heavy atom. The van der Waals surface area contributed by atoms with Gasteiger partial charge in [0.2, 0.25) is 0 Å². The van der Waals surface area contributed by atoms with Crippen molar-refractivity contribution in [1.82, 2.24) is 10.2 Å². The molecule has 0 aromatic heterocycles. The molecule has 1 atom stereocenters. The summed E-state index contributed by atoms with van der Waals surface area (Å²) < 4.78 is 0. The van der Waals surface area contributed by atoms with E-state index in [9.17, 15) is 0 Å². The van der Waals surface area contributed by atoms with Gasteiger partial charge >= 0.3 is 0 Å². The van der Waals surface area contributed by atoms with E-state index in [1.54, 1.807) is 0 Å². The Bertz CT molecular complexity index is 199. The lowest BCUT2D eigenvalue weighted by atomic mass is 9.97. The maximum Gasteiger partial charge on any atom is 0.0153 e. The molecule has 1 unspecified atom stereocenters. The lowest BCUT2D eigenvalue weighted by Gasteiger charge is -2.35. The van der Waals surface area contributed by atoms with Gasteiger partial charge in [-0.1, -0.05) is 27.2 Å². The third kappa shape index (κ3) is 4.06. The monoisotopic (exact) mass is 226 g/mol. The molecular formula is C14H30N2. The van der Waals surface area contributed by atoms with Crippen LogP contribution in [0.2, 0.25) is 0 Å². The van der Waals surface area contributed by atoms with Crippen molar-refractivity contribution in [3.63, 3.8) is 0 Å². The molecule has 1 fully saturated rings. The zero-order valence-corrected chi connectivity index (χ0v) is 11.8. The third-order valence-electron chi connectivity index (χ3n) is 3.82. The van der Waals surface area contributed by atoms with Gasteiger partial charge in [-0.2, -0.15) is 0 Å². The molecule has 1 heterocycles. The molecule has 0 saturated carbocycles. The highest BCUT2D eigenvalue weighted by atomic mass is 15.2. The molecule has 0 radical (unpaired) electrons. The van der Waals surface area contributed by atoms with E-state index in [-0.39, 0.29) is 0 Å². The van der Waals surface area contributed by atoms with E-state index in [2.05, 4.69) is 44.8 Å². The topological polar surface area (TPSA) is 15.3 Å². The van der Waals surface area contributed by atoms with E-state index in [0.717, 1.165) is 5.92 Å². The average molecular weight is 226 g/mol. The fraction of sp³-hybridized carbons (Fsp3) is 1.00. The predicted octanol–water partition coefficient (Wildman–Crippen LogP) is 2.89. The fourth-order valence-electron chi connectivity index (χ4n) is 2.72. The SMILES string of the molecule is CCCC(C)(C)N1CCC(CNC(C)C)C1. The van der Waals surface area contributed by atoms with Crippen LogP contribution in [-0.4, -0.2) is 36.1 Å².